The molecule has 0 heterocycles. The normalized spacial score (nSPS) is 38.4. The molecule has 22 heavy (non-hydrogen) atoms. The van der Waals surface area contributed by atoms with Gasteiger partial charge in [-0.1, -0.05) is 0 Å². The number of carbonyl (C=O) groups excluding carboxylic acids is 2. The van der Waals surface area contributed by atoms with Crippen molar-refractivity contribution in [3.63, 3.8) is 0 Å². The molecule has 0 N–H and O–H groups in total. The van der Waals surface area contributed by atoms with Gasteiger partial charge in [-0.2, -0.15) is 0 Å². The van der Waals surface area contributed by atoms with E-state index in [1.54, 1.807) is 12.2 Å². The Balaban J connectivity index is 1.67. The van der Waals surface area contributed by atoms with Crippen LogP contribution >= 0.6 is 0 Å². The van der Waals surface area contributed by atoms with Gasteiger partial charge in [-0.15, -0.1) is 0 Å². The Labute approximate surface area is 132 Å². The maximum atomic E-state index is 10.3. The number of hydrogen-bond donors (Lipinski definition) is 0. The second-order valence-electron chi connectivity index (χ2n) is 7.77. The summed E-state index contributed by atoms with van der Waals surface area (Å²) in [5, 5.41) is 0. The molecule has 4 aliphatic carbocycles. The van der Waals surface area contributed by atoms with E-state index < -0.39 is 0 Å². The molecule has 3 atom stereocenters. The molecule has 0 spiro atoms. The number of aliphatic imine (C=N–C) groups is 2. The first kappa shape index (κ1) is 15.6. The molecule has 0 aliphatic heterocycles. The minimum absolute atomic E-state index is 0.484. The lowest BCUT2D eigenvalue weighted by molar-refractivity contribution is -0.117. The fourth-order valence-corrected chi connectivity index (χ4v) is 6.24. The highest BCUT2D eigenvalue weighted by atomic mass is 16.1. The molecule has 3 unspecified atom stereocenters. The lowest BCUT2D eigenvalue weighted by Gasteiger charge is -2.62. The van der Waals surface area contributed by atoms with Crippen LogP contribution in [0, 0.1) is 29.1 Å². The minimum atomic E-state index is 0.484. The smallest absolute Gasteiger partial charge is 0.211 e. The van der Waals surface area contributed by atoms with Gasteiger partial charge in [-0.3, -0.25) is 0 Å². The highest BCUT2D eigenvalue weighted by molar-refractivity contribution is 5.32. The maximum Gasteiger partial charge on any atom is 0.234 e. The van der Waals surface area contributed by atoms with Crippen LogP contribution in [0.5, 0.6) is 0 Å². The van der Waals surface area contributed by atoms with Gasteiger partial charge in [0.2, 0.25) is 12.2 Å². The largest absolute Gasteiger partial charge is 0.234 e. The van der Waals surface area contributed by atoms with Gasteiger partial charge >= 0.3 is 0 Å². The second kappa shape index (κ2) is 6.89. The summed E-state index contributed by atoms with van der Waals surface area (Å²) < 4.78 is 0. The lowest BCUT2D eigenvalue weighted by atomic mass is 9.43. The third-order valence-corrected chi connectivity index (χ3v) is 6.54. The van der Waals surface area contributed by atoms with Crippen molar-refractivity contribution in [2.45, 2.75) is 57.8 Å². The highest BCUT2D eigenvalue weighted by Crippen LogP contribution is 2.65. The number of isocyanates is 2. The molecule has 4 aliphatic rings. The molecule has 4 fully saturated rings. The molecule has 4 bridgehead atoms. The van der Waals surface area contributed by atoms with Crippen molar-refractivity contribution in [3.8, 4) is 0 Å². The number of hydrogen-bond acceptors (Lipinski definition) is 4. The molecule has 4 saturated carbocycles. The van der Waals surface area contributed by atoms with Crippen molar-refractivity contribution in [1.29, 1.82) is 0 Å². The van der Waals surface area contributed by atoms with Gasteiger partial charge in [0.05, 0.1) is 13.1 Å². The molecule has 120 valence electrons. The first-order valence-corrected chi connectivity index (χ1v) is 8.84. The Morgan fingerprint density at radius 3 is 2.18 bits per heavy atom. The Hall–Kier alpha value is -1.24. The van der Waals surface area contributed by atoms with E-state index in [0.29, 0.717) is 18.5 Å². The van der Waals surface area contributed by atoms with E-state index in [2.05, 4.69) is 9.98 Å². The van der Waals surface area contributed by atoms with Gasteiger partial charge in [0.1, 0.15) is 0 Å². The zero-order valence-corrected chi connectivity index (χ0v) is 13.3. The highest BCUT2D eigenvalue weighted by Gasteiger charge is 2.55. The summed E-state index contributed by atoms with van der Waals surface area (Å²) in [5.74, 6) is 3.57. The Bertz CT molecular complexity index is 477. The van der Waals surface area contributed by atoms with E-state index in [-0.39, 0.29) is 0 Å². The fourth-order valence-electron chi connectivity index (χ4n) is 6.24. The van der Waals surface area contributed by atoms with E-state index in [4.69, 9.17) is 0 Å². The van der Waals surface area contributed by atoms with Crippen molar-refractivity contribution in [2.24, 2.45) is 39.1 Å². The summed E-state index contributed by atoms with van der Waals surface area (Å²) in [5.41, 5.74) is 0.484. The zero-order valence-electron chi connectivity index (χ0n) is 13.3. The van der Waals surface area contributed by atoms with Gasteiger partial charge in [-0.05, 0) is 86.9 Å². The van der Waals surface area contributed by atoms with Crippen LogP contribution in [0.2, 0.25) is 0 Å². The Morgan fingerprint density at radius 1 is 0.909 bits per heavy atom. The molecular formula is C18H26N2O2. The van der Waals surface area contributed by atoms with Crippen LogP contribution in [0.1, 0.15) is 57.8 Å². The Kier molecular flexibility index (Phi) is 4.90. The molecule has 0 aromatic carbocycles. The van der Waals surface area contributed by atoms with E-state index in [1.165, 1.54) is 44.9 Å². The van der Waals surface area contributed by atoms with Crippen LogP contribution < -0.4 is 0 Å². The van der Waals surface area contributed by atoms with Crippen LogP contribution in [0.15, 0.2) is 9.98 Å². The van der Waals surface area contributed by atoms with E-state index in [9.17, 15) is 9.59 Å². The van der Waals surface area contributed by atoms with Crippen LogP contribution in [0.4, 0.5) is 0 Å². The van der Waals surface area contributed by atoms with Crippen molar-refractivity contribution >= 4 is 12.2 Å². The Morgan fingerprint density at radius 2 is 1.55 bits per heavy atom. The molecule has 0 aromatic rings. The molecule has 0 saturated heterocycles. The second-order valence-corrected chi connectivity index (χ2v) is 7.77. The van der Waals surface area contributed by atoms with Gasteiger partial charge in [0.25, 0.3) is 0 Å². The summed E-state index contributed by atoms with van der Waals surface area (Å²) in [4.78, 5) is 28.0. The monoisotopic (exact) mass is 302 g/mol. The quantitative estimate of drug-likeness (QED) is 0.390. The standard InChI is InChI=1S/C18H26N2O2/c21-12-19-5-1-3-17-16-8-14-7-15(9-16)11-18(17,10-14)4-2-6-20-13-22/h14-17H,1-11H2. The summed E-state index contributed by atoms with van der Waals surface area (Å²) in [7, 11) is 0. The molecular weight excluding hydrogens is 276 g/mol. The van der Waals surface area contributed by atoms with Crippen molar-refractivity contribution in [3.05, 3.63) is 0 Å². The summed E-state index contributed by atoms with van der Waals surface area (Å²) in [6.45, 7) is 1.26. The van der Waals surface area contributed by atoms with Crippen LogP contribution in [-0.2, 0) is 9.59 Å². The van der Waals surface area contributed by atoms with Crippen molar-refractivity contribution < 1.29 is 9.59 Å². The van der Waals surface area contributed by atoms with E-state index in [0.717, 1.165) is 36.5 Å². The van der Waals surface area contributed by atoms with Gasteiger partial charge in [0, 0.05) is 0 Å². The van der Waals surface area contributed by atoms with E-state index >= 15 is 0 Å². The molecule has 0 amide bonds. The van der Waals surface area contributed by atoms with Gasteiger partial charge in [-0.25, -0.2) is 19.6 Å². The fraction of sp³-hybridized carbons (Fsp3) is 0.889. The van der Waals surface area contributed by atoms with Crippen molar-refractivity contribution in [1.82, 2.24) is 0 Å². The summed E-state index contributed by atoms with van der Waals surface area (Å²) in [6.07, 6.45) is 14.8. The number of nitrogens with zero attached hydrogens (tertiary/aromatic N) is 2. The third-order valence-electron chi connectivity index (χ3n) is 6.54. The predicted molar refractivity (Wildman–Crippen MR) is 83.9 cm³/mol. The summed E-state index contributed by atoms with van der Waals surface area (Å²) >= 11 is 0. The van der Waals surface area contributed by atoms with Gasteiger partial charge < -0.3 is 0 Å². The molecule has 4 heteroatoms. The molecule has 0 aromatic heterocycles. The van der Waals surface area contributed by atoms with E-state index in [1.807, 2.05) is 0 Å². The molecule has 4 rings (SSSR count). The van der Waals surface area contributed by atoms with Crippen LogP contribution in [0.3, 0.4) is 0 Å². The first-order valence-electron chi connectivity index (χ1n) is 8.84. The minimum Gasteiger partial charge on any atom is -0.211 e. The average Bonchev–Trinajstić information content (AvgIpc) is 2.50. The predicted octanol–water partition coefficient (Wildman–Crippen LogP) is 3.66. The third kappa shape index (κ3) is 3.09. The molecule has 0 radical (unpaired) electrons. The molecule has 4 nitrogen and oxygen atoms in total. The van der Waals surface area contributed by atoms with Crippen molar-refractivity contribution in [2.75, 3.05) is 13.1 Å². The average molecular weight is 302 g/mol. The maximum absolute atomic E-state index is 10.3. The first-order chi connectivity index (χ1) is 10.8. The topological polar surface area (TPSA) is 58.9 Å². The number of rotatable bonds is 8. The SMILES string of the molecule is O=C=NCCCC1C2CC3CC(C2)CC1(CCCN=C=O)C3. The van der Waals surface area contributed by atoms with Crippen LogP contribution in [0.25, 0.3) is 0 Å². The zero-order chi connectivity index (χ0) is 15.4. The lowest BCUT2D eigenvalue weighted by Crippen LogP contribution is -2.52. The van der Waals surface area contributed by atoms with Gasteiger partial charge in [0.15, 0.2) is 0 Å². The van der Waals surface area contributed by atoms with Crippen LogP contribution in [-0.4, -0.2) is 25.2 Å². The summed E-state index contributed by atoms with van der Waals surface area (Å²) in [6, 6.07) is 0.